The number of rotatable bonds is 6. The zero-order valence-electron chi connectivity index (χ0n) is 8.58. The Labute approximate surface area is 80.9 Å². The van der Waals surface area contributed by atoms with E-state index >= 15 is 0 Å². The lowest BCUT2D eigenvalue weighted by atomic mass is 10.1. The van der Waals surface area contributed by atoms with Crippen molar-refractivity contribution in [1.82, 2.24) is 4.90 Å². The summed E-state index contributed by atoms with van der Waals surface area (Å²) >= 11 is 0. The summed E-state index contributed by atoms with van der Waals surface area (Å²) in [5.74, 6) is 0. The van der Waals surface area contributed by atoms with Crippen LogP contribution >= 0.6 is 0 Å². The molecule has 0 saturated carbocycles. The molecule has 1 N–H and O–H groups in total. The average Bonchev–Trinajstić information content (AvgIpc) is 2.17. The van der Waals surface area contributed by atoms with Gasteiger partial charge in [-0.3, -0.25) is 0 Å². The highest BCUT2D eigenvalue weighted by molar-refractivity contribution is 5.32. The maximum Gasteiger partial charge on any atom is 0.0684 e. The predicted molar refractivity (Wildman–Crippen MR) is 57.7 cm³/mol. The lowest BCUT2D eigenvalue weighted by Crippen LogP contribution is -2.20. The van der Waals surface area contributed by atoms with Crippen LogP contribution in [-0.4, -0.2) is 36.8 Å². The summed E-state index contributed by atoms with van der Waals surface area (Å²) in [7, 11) is 2.03. The van der Waals surface area contributed by atoms with Crippen molar-refractivity contribution in [3.63, 3.8) is 0 Å². The minimum atomic E-state index is 0.0302. The Morgan fingerprint density at radius 2 is 1.85 bits per heavy atom. The van der Waals surface area contributed by atoms with Gasteiger partial charge in [-0.1, -0.05) is 32.2 Å². The minimum absolute atomic E-state index is 0.0302. The van der Waals surface area contributed by atoms with Crippen molar-refractivity contribution in [3.05, 3.63) is 36.5 Å². The largest absolute Gasteiger partial charge is 0.392 e. The van der Waals surface area contributed by atoms with Crippen molar-refractivity contribution in [2.24, 2.45) is 0 Å². The van der Waals surface area contributed by atoms with Crippen LogP contribution < -0.4 is 0 Å². The molecule has 0 radical (unpaired) electrons. The Kier molecular flexibility index (Phi) is 6.20. The molecule has 0 rings (SSSR count). The summed E-state index contributed by atoms with van der Waals surface area (Å²) in [5, 5.41) is 9.02. The number of likely N-dealkylation sites (N-methyl/N-ethyl adjacent to an activating group) is 1. The van der Waals surface area contributed by atoms with E-state index in [0.29, 0.717) is 0 Å². The third-order valence-corrected chi connectivity index (χ3v) is 2.06. The number of aliphatic hydroxyl groups is 1. The molecule has 2 nitrogen and oxygen atoms in total. The van der Waals surface area contributed by atoms with Crippen LogP contribution in [0.2, 0.25) is 0 Å². The van der Waals surface area contributed by atoms with Gasteiger partial charge < -0.3 is 10.0 Å². The number of hydrogen-bond acceptors (Lipinski definition) is 2. The Hall–Kier alpha value is -0.860. The van der Waals surface area contributed by atoms with Gasteiger partial charge >= 0.3 is 0 Å². The van der Waals surface area contributed by atoms with Crippen molar-refractivity contribution in [3.8, 4) is 0 Å². The minimum Gasteiger partial charge on any atom is -0.392 e. The van der Waals surface area contributed by atoms with Gasteiger partial charge in [0.15, 0.2) is 0 Å². The third-order valence-electron chi connectivity index (χ3n) is 2.06. The fourth-order valence-corrected chi connectivity index (χ4v) is 0.997. The Balaban J connectivity index is 4.55. The van der Waals surface area contributed by atoms with Gasteiger partial charge in [0.05, 0.1) is 6.61 Å². The first kappa shape index (κ1) is 12.1. The number of hydrogen-bond donors (Lipinski definition) is 1. The first-order valence-electron chi connectivity index (χ1n) is 4.45. The summed E-state index contributed by atoms with van der Waals surface area (Å²) in [6.07, 6.45) is 3.46. The van der Waals surface area contributed by atoms with E-state index in [-0.39, 0.29) is 6.61 Å². The standard InChI is InChI=1S/C11H19NO/c1-5-10(8-12(4)7-3)11(6-2)9-13/h5-6,13H,1-2,7-9H2,3-4H3/b11-10-. The molecular formula is C11H19NO. The molecule has 0 aromatic carbocycles. The molecule has 0 saturated heterocycles. The molecule has 0 aromatic heterocycles. The van der Waals surface area contributed by atoms with Crippen LogP contribution in [0.1, 0.15) is 6.92 Å². The second-order valence-electron chi connectivity index (χ2n) is 2.95. The molecule has 0 fully saturated rings. The summed E-state index contributed by atoms with van der Waals surface area (Å²) in [4.78, 5) is 2.15. The van der Waals surface area contributed by atoms with Crippen LogP contribution in [0.3, 0.4) is 0 Å². The van der Waals surface area contributed by atoms with E-state index in [1.165, 1.54) is 0 Å². The number of nitrogens with zero attached hydrogens (tertiary/aromatic N) is 1. The highest BCUT2D eigenvalue weighted by Crippen LogP contribution is 2.07. The predicted octanol–water partition coefficient (Wildman–Crippen LogP) is 1.60. The lowest BCUT2D eigenvalue weighted by molar-refractivity contribution is 0.330. The van der Waals surface area contributed by atoms with Gasteiger partial charge in [0.1, 0.15) is 0 Å². The quantitative estimate of drug-likeness (QED) is 0.629. The highest BCUT2D eigenvalue weighted by atomic mass is 16.3. The second-order valence-corrected chi connectivity index (χ2v) is 2.95. The average molecular weight is 181 g/mol. The normalized spacial score (nSPS) is 12.6. The topological polar surface area (TPSA) is 23.5 Å². The smallest absolute Gasteiger partial charge is 0.0684 e. The molecule has 0 bridgehead atoms. The molecule has 2 heteroatoms. The van der Waals surface area contributed by atoms with Crippen molar-refractivity contribution < 1.29 is 5.11 Å². The maximum absolute atomic E-state index is 9.02. The van der Waals surface area contributed by atoms with Crippen LogP contribution in [0.15, 0.2) is 36.5 Å². The SMILES string of the molecule is C=C/C(CO)=C(\C=C)CN(C)CC. The van der Waals surface area contributed by atoms with Crippen molar-refractivity contribution in [1.29, 1.82) is 0 Å². The van der Waals surface area contributed by atoms with Gasteiger partial charge in [-0.25, -0.2) is 0 Å². The molecular weight excluding hydrogens is 162 g/mol. The molecule has 74 valence electrons. The second kappa shape index (κ2) is 6.63. The van der Waals surface area contributed by atoms with Gasteiger partial charge in [-0.2, -0.15) is 0 Å². The first-order chi connectivity index (χ1) is 6.19. The van der Waals surface area contributed by atoms with Crippen LogP contribution in [0, 0.1) is 0 Å². The van der Waals surface area contributed by atoms with E-state index in [9.17, 15) is 0 Å². The zero-order chi connectivity index (χ0) is 10.3. The molecule has 0 atom stereocenters. The molecule has 0 unspecified atom stereocenters. The fourth-order valence-electron chi connectivity index (χ4n) is 0.997. The summed E-state index contributed by atoms with van der Waals surface area (Å²) in [6.45, 7) is 11.3. The zero-order valence-corrected chi connectivity index (χ0v) is 8.58. The van der Waals surface area contributed by atoms with Crippen LogP contribution in [0.25, 0.3) is 0 Å². The molecule has 0 heterocycles. The molecule has 0 aliphatic rings. The third kappa shape index (κ3) is 4.06. The summed E-state index contributed by atoms with van der Waals surface area (Å²) < 4.78 is 0. The maximum atomic E-state index is 9.02. The highest BCUT2D eigenvalue weighted by Gasteiger charge is 2.02. The fraction of sp³-hybridized carbons (Fsp3) is 0.455. The van der Waals surface area contributed by atoms with Crippen LogP contribution in [0.5, 0.6) is 0 Å². The van der Waals surface area contributed by atoms with Gasteiger partial charge in [-0.05, 0) is 24.7 Å². The molecule has 13 heavy (non-hydrogen) atoms. The van der Waals surface area contributed by atoms with Gasteiger partial charge in [0, 0.05) is 6.54 Å². The van der Waals surface area contributed by atoms with E-state index in [2.05, 4.69) is 25.0 Å². The monoisotopic (exact) mass is 181 g/mol. The first-order valence-corrected chi connectivity index (χ1v) is 4.45. The molecule has 0 amide bonds. The molecule has 0 aromatic rings. The Morgan fingerprint density at radius 1 is 1.31 bits per heavy atom. The van der Waals surface area contributed by atoms with Crippen molar-refractivity contribution in [2.75, 3.05) is 26.7 Å². The van der Waals surface area contributed by atoms with E-state index in [1.807, 2.05) is 7.05 Å². The Bertz CT molecular complexity index is 206. The van der Waals surface area contributed by atoms with Crippen molar-refractivity contribution >= 4 is 0 Å². The van der Waals surface area contributed by atoms with E-state index in [4.69, 9.17) is 5.11 Å². The van der Waals surface area contributed by atoms with Gasteiger partial charge in [-0.15, -0.1) is 0 Å². The van der Waals surface area contributed by atoms with E-state index in [1.54, 1.807) is 12.2 Å². The van der Waals surface area contributed by atoms with Gasteiger partial charge in [0.25, 0.3) is 0 Å². The molecule has 0 aliphatic heterocycles. The van der Waals surface area contributed by atoms with Gasteiger partial charge in [0.2, 0.25) is 0 Å². The van der Waals surface area contributed by atoms with Crippen molar-refractivity contribution in [2.45, 2.75) is 6.92 Å². The molecule has 0 spiro atoms. The molecule has 0 aliphatic carbocycles. The Morgan fingerprint density at radius 3 is 2.15 bits per heavy atom. The van der Waals surface area contributed by atoms with E-state index in [0.717, 1.165) is 24.2 Å². The number of aliphatic hydroxyl groups excluding tert-OH is 1. The van der Waals surface area contributed by atoms with Crippen LogP contribution in [-0.2, 0) is 0 Å². The summed E-state index contributed by atoms with van der Waals surface area (Å²) in [5.41, 5.74) is 1.90. The van der Waals surface area contributed by atoms with Crippen LogP contribution in [0.4, 0.5) is 0 Å². The lowest BCUT2D eigenvalue weighted by Gasteiger charge is -2.16. The summed E-state index contributed by atoms with van der Waals surface area (Å²) in [6, 6.07) is 0. The van der Waals surface area contributed by atoms with E-state index < -0.39 is 0 Å².